The second-order valence-corrected chi connectivity index (χ2v) is 4.65. The number of nitrogens with zero attached hydrogens (tertiary/aromatic N) is 2. The Morgan fingerprint density at radius 2 is 2.28 bits per heavy atom. The molecule has 0 radical (unpaired) electrons. The predicted molar refractivity (Wildman–Crippen MR) is 70.6 cm³/mol. The van der Waals surface area contributed by atoms with Crippen molar-refractivity contribution in [2.24, 2.45) is 0 Å². The topological polar surface area (TPSA) is 64.1 Å². The minimum absolute atomic E-state index is 0.247. The Hall–Kier alpha value is -1.66. The van der Waals surface area contributed by atoms with Gasteiger partial charge in [-0.15, -0.1) is 5.10 Å². The molecule has 0 unspecified atom stereocenters. The van der Waals surface area contributed by atoms with E-state index >= 15 is 0 Å². The summed E-state index contributed by atoms with van der Waals surface area (Å²) in [6.45, 7) is 1.74. The molecule has 2 aromatic rings. The number of amides is 1. The van der Waals surface area contributed by atoms with Gasteiger partial charge >= 0.3 is 0 Å². The minimum atomic E-state index is -0.247. The van der Waals surface area contributed by atoms with E-state index in [9.17, 15) is 4.79 Å². The SMILES string of the molecule is COc1ccc(NC(=O)c2snnc2C)cc1Cl. The van der Waals surface area contributed by atoms with Crippen LogP contribution in [-0.2, 0) is 0 Å². The van der Waals surface area contributed by atoms with Crippen LogP contribution in [0.25, 0.3) is 0 Å². The lowest BCUT2D eigenvalue weighted by Gasteiger charge is -2.07. The van der Waals surface area contributed by atoms with Crippen LogP contribution in [0.1, 0.15) is 15.4 Å². The molecule has 0 bridgehead atoms. The molecule has 0 aliphatic heterocycles. The van der Waals surface area contributed by atoms with Gasteiger partial charge in [-0.1, -0.05) is 16.1 Å². The van der Waals surface area contributed by atoms with Crippen LogP contribution >= 0.6 is 23.1 Å². The quantitative estimate of drug-likeness (QED) is 0.941. The highest BCUT2D eigenvalue weighted by molar-refractivity contribution is 7.08. The number of carbonyl (C=O) groups is 1. The number of aromatic nitrogens is 2. The predicted octanol–water partition coefficient (Wildman–Crippen LogP) is 2.76. The molecular formula is C11H10ClN3O2S. The first-order valence-electron chi connectivity index (χ1n) is 5.05. The van der Waals surface area contributed by atoms with Crippen molar-refractivity contribution >= 4 is 34.7 Å². The van der Waals surface area contributed by atoms with E-state index in [4.69, 9.17) is 16.3 Å². The van der Waals surface area contributed by atoms with Crippen LogP contribution in [0.2, 0.25) is 5.02 Å². The standard InChI is InChI=1S/C11H10ClN3O2S/c1-6-10(18-15-14-6)11(16)13-7-3-4-9(17-2)8(12)5-7/h3-5H,1-2H3,(H,13,16). The first-order valence-corrected chi connectivity index (χ1v) is 6.21. The number of carbonyl (C=O) groups excluding carboxylic acids is 1. The van der Waals surface area contributed by atoms with Gasteiger partial charge in [0.25, 0.3) is 5.91 Å². The molecule has 0 spiro atoms. The maximum atomic E-state index is 11.9. The summed E-state index contributed by atoms with van der Waals surface area (Å²) >= 11 is 7.03. The zero-order chi connectivity index (χ0) is 13.1. The molecule has 0 aliphatic rings. The Balaban J connectivity index is 2.17. The molecule has 0 saturated heterocycles. The van der Waals surface area contributed by atoms with E-state index in [0.29, 0.717) is 27.0 Å². The van der Waals surface area contributed by atoms with E-state index < -0.39 is 0 Å². The lowest BCUT2D eigenvalue weighted by molar-refractivity contribution is 0.103. The van der Waals surface area contributed by atoms with Crippen molar-refractivity contribution in [1.82, 2.24) is 9.59 Å². The van der Waals surface area contributed by atoms with Crippen molar-refractivity contribution < 1.29 is 9.53 Å². The molecule has 1 amide bonds. The molecule has 1 heterocycles. The molecule has 1 aromatic heterocycles. The summed E-state index contributed by atoms with van der Waals surface area (Å²) in [6.07, 6.45) is 0. The Morgan fingerprint density at radius 3 is 2.83 bits per heavy atom. The van der Waals surface area contributed by atoms with Crippen molar-refractivity contribution in [1.29, 1.82) is 0 Å². The number of hydrogen-bond donors (Lipinski definition) is 1. The summed E-state index contributed by atoms with van der Waals surface area (Å²) in [4.78, 5) is 12.4. The first kappa shape index (κ1) is 12.8. The fraction of sp³-hybridized carbons (Fsp3) is 0.182. The second-order valence-electron chi connectivity index (χ2n) is 3.49. The van der Waals surface area contributed by atoms with Crippen molar-refractivity contribution in [2.45, 2.75) is 6.92 Å². The highest BCUT2D eigenvalue weighted by atomic mass is 35.5. The first-order chi connectivity index (χ1) is 8.61. The van der Waals surface area contributed by atoms with E-state index in [2.05, 4.69) is 14.9 Å². The summed E-state index contributed by atoms with van der Waals surface area (Å²) in [5, 5.41) is 6.95. The van der Waals surface area contributed by atoms with Gasteiger partial charge in [0.1, 0.15) is 10.6 Å². The lowest BCUT2D eigenvalue weighted by Crippen LogP contribution is -2.11. The number of ether oxygens (including phenoxy) is 1. The van der Waals surface area contributed by atoms with Crippen LogP contribution in [0.3, 0.4) is 0 Å². The largest absolute Gasteiger partial charge is 0.495 e. The molecule has 0 atom stereocenters. The second kappa shape index (κ2) is 5.32. The van der Waals surface area contributed by atoms with Crippen LogP contribution in [0, 0.1) is 6.92 Å². The molecule has 5 nitrogen and oxygen atoms in total. The van der Waals surface area contributed by atoms with Crippen molar-refractivity contribution in [2.75, 3.05) is 12.4 Å². The summed E-state index contributed by atoms with van der Waals surface area (Å²) in [6, 6.07) is 5.03. The normalized spacial score (nSPS) is 10.2. The Kier molecular flexibility index (Phi) is 3.78. The number of rotatable bonds is 3. The molecule has 94 valence electrons. The number of aryl methyl sites for hydroxylation is 1. The summed E-state index contributed by atoms with van der Waals surface area (Å²) in [5.41, 5.74) is 1.20. The van der Waals surface area contributed by atoms with Gasteiger partial charge in [-0.25, -0.2) is 0 Å². The zero-order valence-electron chi connectivity index (χ0n) is 9.73. The Bertz CT molecular complexity index is 585. The monoisotopic (exact) mass is 283 g/mol. The van der Waals surface area contributed by atoms with E-state index in [1.807, 2.05) is 0 Å². The highest BCUT2D eigenvalue weighted by Crippen LogP contribution is 2.27. The van der Waals surface area contributed by atoms with Gasteiger partial charge in [-0.2, -0.15) is 0 Å². The number of benzene rings is 1. The third-order valence-corrected chi connectivity index (χ3v) is 3.39. The maximum Gasteiger partial charge on any atom is 0.269 e. The molecule has 18 heavy (non-hydrogen) atoms. The number of halogens is 1. The van der Waals surface area contributed by atoms with Gasteiger partial charge in [0.05, 0.1) is 17.8 Å². The van der Waals surface area contributed by atoms with Crippen molar-refractivity contribution in [3.8, 4) is 5.75 Å². The summed E-state index contributed by atoms with van der Waals surface area (Å²) < 4.78 is 8.75. The number of hydrogen-bond acceptors (Lipinski definition) is 5. The Labute approximate surface area is 113 Å². The van der Waals surface area contributed by atoms with Gasteiger partial charge in [-0.3, -0.25) is 4.79 Å². The summed E-state index contributed by atoms with van der Waals surface area (Å²) in [7, 11) is 1.53. The molecular weight excluding hydrogens is 274 g/mol. The average Bonchev–Trinajstić information content (AvgIpc) is 2.76. The van der Waals surface area contributed by atoms with Crippen LogP contribution < -0.4 is 10.1 Å². The van der Waals surface area contributed by atoms with Gasteiger partial charge in [0, 0.05) is 5.69 Å². The van der Waals surface area contributed by atoms with E-state index in [1.54, 1.807) is 25.1 Å². The van der Waals surface area contributed by atoms with E-state index in [-0.39, 0.29) is 5.91 Å². The number of anilines is 1. The molecule has 1 N–H and O–H groups in total. The minimum Gasteiger partial charge on any atom is -0.495 e. The molecule has 7 heteroatoms. The maximum absolute atomic E-state index is 11.9. The van der Waals surface area contributed by atoms with Gasteiger partial charge < -0.3 is 10.1 Å². The van der Waals surface area contributed by atoms with E-state index in [1.165, 1.54) is 7.11 Å². The van der Waals surface area contributed by atoms with Crippen molar-refractivity contribution in [3.05, 3.63) is 33.8 Å². The number of nitrogens with one attached hydrogen (secondary N) is 1. The van der Waals surface area contributed by atoms with Crippen LogP contribution in [0.15, 0.2) is 18.2 Å². The third-order valence-electron chi connectivity index (χ3n) is 2.27. The molecule has 2 rings (SSSR count). The van der Waals surface area contributed by atoms with E-state index in [0.717, 1.165) is 11.5 Å². The molecule has 0 aliphatic carbocycles. The molecule has 0 fully saturated rings. The molecule has 1 aromatic carbocycles. The zero-order valence-corrected chi connectivity index (χ0v) is 11.3. The van der Waals surface area contributed by atoms with Crippen molar-refractivity contribution in [3.63, 3.8) is 0 Å². The van der Waals surface area contributed by atoms with Gasteiger partial charge in [-0.05, 0) is 36.7 Å². The average molecular weight is 284 g/mol. The fourth-order valence-corrected chi connectivity index (χ4v) is 2.18. The highest BCUT2D eigenvalue weighted by Gasteiger charge is 2.13. The number of methoxy groups -OCH3 is 1. The smallest absolute Gasteiger partial charge is 0.269 e. The van der Waals surface area contributed by atoms with Crippen LogP contribution in [0.5, 0.6) is 5.75 Å². The van der Waals surface area contributed by atoms with Crippen LogP contribution in [-0.4, -0.2) is 22.6 Å². The summed E-state index contributed by atoms with van der Waals surface area (Å²) in [5.74, 6) is 0.314. The van der Waals surface area contributed by atoms with Gasteiger partial charge in [0.2, 0.25) is 0 Å². The third kappa shape index (κ3) is 2.60. The van der Waals surface area contributed by atoms with Gasteiger partial charge in [0.15, 0.2) is 0 Å². The Morgan fingerprint density at radius 1 is 1.50 bits per heavy atom. The molecule has 0 saturated carbocycles. The lowest BCUT2D eigenvalue weighted by atomic mass is 10.3. The fourth-order valence-electron chi connectivity index (χ4n) is 1.37. The van der Waals surface area contributed by atoms with Crippen LogP contribution in [0.4, 0.5) is 5.69 Å².